The molecular weight excluding hydrogens is 289 g/mol. The van der Waals surface area contributed by atoms with Gasteiger partial charge in [0.2, 0.25) is 0 Å². The summed E-state index contributed by atoms with van der Waals surface area (Å²) in [5.41, 5.74) is 1.80. The van der Waals surface area contributed by atoms with Gasteiger partial charge in [-0.15, -0.1) is 0 Å². The maximum absolute atomic E-state index is 6.13. The molecule has 124 valence electrons. The molecule has 1 aromatic rings. The van der Waals surface area contributed by atoms with Gasteiger partial charge in [-0.3, -0.25) is 0 Å². The number of fused-ring (bicyclic) bond motifs is 2. The van der Waals surface area contributed by atoms with Crippen molar-refractivity contribution in [3.63, 3.8) is 0 Å². The van der Waals surface area contributed by atoms with E-state index in [1.54, 1.807) is 0 Å². The third-order valence-corrected chi connectivity index (χ3v) is 5.96. The Morgan fingerprint density at radius 2 is 1.43 bits per heavy atom. The highest BCUT2D eigenvalue weighted by atomic mass is 16.7. The van der Waals surface area contributed by atoms with Gasteiger partial charge in [-0.2, -0.15) is 0 Å². The van der Waals surface area contributed by atoms with Crippen LogP contribution < -0.4 is 10.4 Å². The van der Waals surface area contributed by atoms with Crippen molar-refractivity contribution in [2.24, 2.45) is 0 Å². The number of ether oxygens (including phenoxy) is 1. The van der Waals surface area contributed by atoms with E-state index in [1.807, 2.05) is 0 Å². The second-order valence-corrected chi connectivity index (χ2v) is 8.01. The number of benzene rings is 1. The Hall–Kier alpha value is -1.04. The Labute approximate surface area is 139 Å². The van der Waals surface area contributed by atoms with Crippen molar-refractivity contribution in [2.45, 2.75) is 63.8 Å². The highest BCUT2D eigenvalue weighted by Gasteiger charge is 2.51. The van der Waals surface area contributed by atoms with E-state index in [9.17, 15) is 0 Å². The van der Waals surface area contributed by atoms with Crippen LogP contribution in [0.3, 0.4) is 0 Å². The molecule has 5 heteroatoms. The molecule has 4 nitrogen and oxygen atoms in total. The van der Waals surface area contributed by atoms with Gasteiger partial charge in [0.1, 0.15) is 0 Å². The minimum Gasteiger partial charge on any atom is -0.399 e. The monoisotopic (exact) mass is 315 g/mol. The fraction of sp³-hybridized carbons (Fsp3) is 0.667. The highest BCUT2D eigenvalue weighted by molar-refractivity contribution is 6.62. The summed E-state index contributed by atoms with van der Waals surface area (Å²) in [6.07, 6.45) is 2.48. The van der Waals surface area contributed by atoms with E-state index in [-0.39, 0.29) is 18.3 Å². The zero-order valence-corrected chi connectivity index (χ0v) is 14.5. The minimum absolute atomic E-state index is 0.282. The molecule has 3 saturated heterocycles. The van der Waals surface area contributed by atoms with E-state index in [4.69, 9.17) is 14.0 Å². The minimum atomic E-state index is -0.292. The van der Waals surface area contributed by atoms with Crippen LogP contribution in [-0.2, 0) is 14.0 Å². The molecule has 3 aliphatic heterocycles. The first-order valence-electron chi connectivity index (χ1n) is 8.69. The fourth-order valence-corrected chi connectivity index (χ4v) is 3.83. The Morgan fingerprint density at radius 3 is 1.96 bits per heavy atom. The van der Waals surface area contributed by atoms with Gasteiger partial charge in [0, 0.05) is 5.69 Å². The summed E-state index contributed by atoms with van der Waals surface area (Å²) in [6, 6.07) is 9.78. The van der Waals surface area contributed by atoms with Gasteiger partial charge in [-0.25, -0.2) is 0 Å². The summed E-state index contributed by atoms with van der Waals surface area (Å²) in [7, 11) is -0.282. The van der Waals surface area contributed by atoms with Crippen molar-refractivity contribution in [3.05, 3.63) is 24.3 Å². The predicted octanol–water partition coefficient (Wildman–Crippen LogP) is 2.35. The highest BCUT2D eigenvalue weighted by Crippen LogP contribution is 2.37. The molecule has 0 amide bonds. The second-order valence-electron chi connectivity index (χ2n) is 8.01. The summed E-state index contributed by atoms with van der Waals surface area (Å²) < 4.78 is 17.9. The van der Waals surface area contributed by atoms with Crippen molar-refractivity contribution in [1.29, 1.82) is 0 Å². The average molecular weight is 315 g/mol. The van der Waals surface area contributed by atoms with Gasteiger partial charge < -0.3 is 18.9 Å². The number of morpholine rings is 1. The lowest BCUT2D eigenvalue weighted by molar-refractivity contribution is 0.00578. The standard InChI is InChI=1S/C18H26BNO3/c1-17(2)18(3,4)23-19(22-17)13-5-7-14(8-6-13)20-15-9-10-16(20)12-21-11-15/h5-8,15-16H,9-12H2,1-4H3. The Morgan fingerprint density at radius 1 is 0.913 bits per heavy atom. The molecule has 0 aliphatic carbocycles. The predicted molar refractivity (Wildman–Crippen MR) is 92.3 cm³/mol. The van der Waals surface area contributed by atoms with Gasteiger partial charge in [-0.1, -0.05) is 12.1 Å². The molecule has 0 saturated carbocycles. The third-order valence-electron chi connectivity index (χ3n) is 5.96. The van der Waals surface area contributed by atoms with Crippen LogP contribution in [0.5, 0.6) is 0 Å². The molecule has 3 aliphatic rings. The molecule has 3 fully saturated rings. The van der Waals surface area contributed by atoms with Crippen LogP contribution in [0, 0.1) is 0 Å². The normalized spacial score (nSPS) is 31.7. The van der Waals surface area contributed by atoms with Gasteiger partial charge in [0.05, 0.1) is 36.5 Å². The summed E-state index contributed by atoms with van der Waals surface area (Å²) in [5, 5.41) is 0. The number of rotatable bonds is 2. The Kier molecular flexibility index (Phi) is 3.52. The lowest BCUT2D eigenvalue weighted by Gasteiger charge is -2.36. The quantitative estimate of drug-likeness (QED) is 0.784. The zero-order valence-electron chi connectivity index (χ0n) is 14.5. The summed E-state index contributed by atoms with van der Waals surface area (Å²) in [6.45, 7) is 10.1. The first-order valence-corrected chi connectivity index (χ1v) is 8.69. The molecule has 4 rings (SSSR count). The van der Waals surface area contributed by atoms with Crippen LogP contribution in [0.25, 0.3) is 0 Å². The SMILES string of the molecule is CC1(C)OB(c2ccc(N3C4CCC3COC4)cc2)OC1(C)C. The maximum Gasteiger partial charge on any atom is 0.494 e. The summed E-state index contributed by atoms with van der Waals surface area (Å²) in [4.78, 5) is 2.54. The van der Waals surface area contributed by atoms with Crippen molar-refractivity contribution in [1.82, 2.24) is 0 Å². The molecule has 0 radical (unpaired) electrons. The molecule has 0 spiro atoms. The topological polar surface area (TPSA) is 30.9 Å². The third kappa shape index (κ3) is 2.50. The van der Waals surface area contributed by atoms with Crippen molar-refractivity contribution >= 4 is 18.3 Å². The van der Waals surface area contributed by atoms with Gasteiger partial charge in [0.25, 0.3) is 0 Å². The van der Waals surface area contributed by atoms with E-state index in [0.717, 1.165) is 18.7 Å². The molecule has 23 heavy (non-hydrogen) atoms. The molecule has 2 atom stereocenters. The Bertz CT molecular complexity index is 554. The lowest BCUT2D eigenvalue weighted by Crippen LogP contribution is -2.46. The van der Waals surface area contributed by atoms with Gasteiger partial charge in [-0.05, 0) is 58.1 Å². The number of hydrogen-bond donors (Lipinski definition) is 0. The van der Waals surface area contributed by atoms with E-state index < -0.39 is 0 Å². The Balaban J connectivity index is 1.53. The molecule has 0 aromatic heterocycles. The lowest BCUT2D eigenvalue weighted by atomic mass is 9.79. The molecule has 0 N–H and O–H groups in total. The first-order chi connectivity index (χ1) is 10.9. The number of hydrogen-bond acceptors (Lipinski definition) is 4. The smallest absolute Gasteiger partial charge is 0.399 e. The number of nitrogens with zero attached hydrogens (tertiary/aromatic N) is 1. The first kappa shape index (κ1) is 15.5. The van der Waals surface area contributed by atoms with E-state index in [1.165, 1.54) is 18.5 Å². The van der Waals surface area contributed by atoms with E-state index in [0.29, 0.717) is 12.1 Å². The summed E-state index contributed by atoms with van der Waals surface area (Å²) >= 11 is 0. The van der Waals surface area contributed by atoms with Crippen LogP contribution in [0.15, 0.2) is 24.3 Å². The fourth-order valence-electron chi connectivity index (χ4n) is 3.83. The number of anilines is 1. The van der Waals surface area contributed by atoms with Gasteiger partial charge in [0.15, 0.2) is 0 Å². The van der Waals surface area contributed by atoms with Crippen LogP contribution in [0.4, 0.5) is 5.69 Å². The van der Waals surface area contributed by atoms with Gasteiger partial charge >= 0.3 is 7.12 Å². The second kappa shape index (κ2) is 5.23. The van der Waals surface area contributed by atoms with Crippen molar-refractivity contribution in [3.8, 4) is 0 Å². The molecule has 2 unspecified atom stereocenters. The average Bonchev–Trinajstić information content (AvgIpc) is 2.87. The van der Waals surface area contributed by atoms with Crippen LogP contribution >= 0.6 is 0 Å². The zero-order chi connectivity index (χ0) is 16.2. The van der Waals surface area contributed by atoms with Crippen LogP contribution in [0.1, 0.15) is 40.5 Å². The van der Waals surface area contributed by atoms with Crippen LogP contribution in [-0.4, -0.2) is 43.6 Å². The maximum atomic E-state index is 6.13. The van der Waals surface area contributed by atoms with Crippen LogP contribution in [0.2, 0.25) is 0 Å². The molecule has 3 heterocycles. The molecular formula is C18H26BNO3. The summed E-state index contributed by atoms with van der Waals surface area (Å²) in [5.74, 6) is 0. The van der Waals surface area contributed by atoms with Crippen molar-refractivity contribution in [2.75, 3.05) is 18.1 Å². The van der Waals surface area contributed by atoms with E-state index >= 15 is 0 Å². The van der Waals surface area contributed by atoms with E-state index in [2.05, 4.69) is 56.9 Å². The van der Waals surface area contributed by atoms with Crippen molar-refractivity contribution < 1.29 is 14.0 Å². The largest absolute Gasteiger partial charge is 0.494 e. The molecule has 1 aromatic carbocycles. The molecule has 2 bridgehead atoms.